The van der Waals surface area contributed by atoms with Gasteiger partial charge in [0.05, 0.1) is 0 Å². The van der Waals surface area contributed by atoms with Crippen molar-refractivity contribution in [1.82, 2.24) is 0 Å². The van der Waals surface area contributed by atoms with E-state index in [1.165, 1.54) is 0 Å². The third-order valence-corrected chi connectivity index (χ3v) is 31.5. The van der Waals surface area contributed by atoms with Gasteiger partial charge < -0.3 is 33.6 Å². The summed E-state index contributed by atoms with van der Waals surface area (Å²) in [5.74, 6) is 0. The summed E-state index contributed by atoms with van der Waals surface area (Å²) < 4.78 is 44.9. The van der Waals surface area contributed by atoms with E-state index in [4.69, 9.17) is 28.8 Å². The zero-order valence-electron chi connectivity index (χ0n) is 24.3. The summed E-state index contributed by atoms with van der Waals surface area (Å²) in [7, 11) is -19.5. The highest BCUT2D eigenvalue weighted by atomic mass is 28.5. The van der Waals surface area contributed by atoms with Gasteiger partial charge in [-0.2, -0.15) is 0 Å². The predicted octanol–water partition coefficient (Wildman–Crippen LogP) is 5.84. The zero-order valence-corrected chi connectivity index (χ0v) is 32.3. The van der Waals surface area contributed by atoms with Crippen molar-refractivity contribution in [2.75, 3.05) is 0 Å². The van der Waals surface area contributed by atoms with Crippen LogP contribution in [0.2, 0.25) is 111 Å². The standard InChI is InChI=1S/C17H52O8Si8/c1-26(2,3)19-28(6,7)21-30(10,11)23-32(14,15)25-33(16,17)24-31(12,13)22-29(8,9)20-27(4,5)18/h18H,1-17H3. The van der Waals surface area contributed by atoms with Gasteiger partial charge in [0.2, 0.25) is 0 Å². The van der Waals surface area contributed by atoms with Crippen LogP contribution in [0, 0.1) is 0 Å². The van der Waals surface area contributed by atoms with Gasteiger partial charge in [-0.3, -0.25) is 0 Å². The van der Waals surface area contributed by atoms with Crippen LogP contribution in [0.25, 0.3) is 0 Å². The van der Waals surface area contributed by atoms with Crippen molar-refractivity contribution in [2.24, 2.45) is 0 Å². The quantitative estimate of drug-likeness (QED) is 0.246. The average molecular weight is 609 g/mol. The second-order valence-corrected chi connectivity index (χ2v) is 42.3. The molecule has 200 valence electrons. The van der Waals surface area contributed by atoms with Crippen LogP contribution in [0.1, 0.15) is 0 Å². The average Bonchev–Trinajstić information content (AvgIpc) is 2.20. The number of hydrogen-bond donors (Lipinski definition) is 1. The fraction of sp³-hybridized carbons (Fsp3) is 1.00. The van der Waals surface area contributed by atoms with Crippen molar-refractivity contribution < 1.29 is 33.6 Å². The Labute approximate surface area is 212 Å². The molecule has 0 fully saturated rings. The molecular formula is C17H52O8Si8. The molecule has 16 heteroatoms. The van der Waals surface area contributed by atoms with E-state index in [1.807, 2.05) is 52.4 Å². The normalized spacial score (nSPS) is 15.8. The first kappa shape index (κ1) is 34.4. The lowest BCUT2D eigenvalue weighted by molar-refractivity contribution is 0.260. The van der Waals surface area contributed by atoms with Crippen molar-refractivity contribution in [3.8, 4) is 0 Å². The van der Waals surface area contributed by atoms with Crippen LogP contribution in [-0.2, 0) is 28.8 Å². The molecular weight excluding hydrogens is 557 g/mol. The Bertz CT molecular complexity index is 588. The van der Waals surface area contributed by atoms with Crippen molar-refractivity contribution in [3.63, 3.8) is 0 Å². The van der Waals surface area contributed by atoms with E-state index in [1.54, 1.807) is 13.1 Å². The summed E-state index contributed by atoms with van der Waals surface area (Å²) in [6.45, 7) is 34.4. The smallest absolute Gasteiger partial charge is 0.320 e. The highest BCUT2D eigenvalue weighted by molar-refractivity contribution is 6.92. The van der Waals surface area contributed by atoms with Crippen LogP contribution in [0.5, 0.6) is 0 Å². The SMILES string of the molecule is C[Si](C)(C)O[Si](C)(C)O[Si](C)(C)O[Si](C)(C)O[Si](C)(C)O[Si](C)(C)O[Si](C)(C)O[Si](C)(C)O. The summed E-state index contributed by atoms with van der Waals surface area (Å²) in [4.78, 5) is 10.2. The number of hydrogen-bond acceptors (Lipinski definition) is 8. The summed E-state index contributed by atoms with van der Waals surface area (Å²) in [5, 5.41) is 0. The highest BCUT2D eigenvalue weighted by Gasteiger charge is 2.48. The second-order valence-electron chi connectivity index (χ2n) is 12.7. The molecule has 0 rings (SSSR count). The summed E-state index contributed by atoms with van der Waals surface area (Å²) in [5.41, 5.74) is 0. The second kappa shape index (κ2) is 11.0. The molecule has 0 aromatic carbocycles. The van der Waals surface area contributed by atoms with Crippen LogP contribution in [0.3, 0.4) is 0 Å². The van der Waals surface area contributed by atoms with Gasteiger partial charge in [0.1, 0.15) is 0 Å². The Balaban J connectivity index is 5.27. The number of rotatable bonds is 14. The molecule has 0 aliphatic heterocycles. The maximum Gasteiger partial charge on any atom is 0.320 e. The molecule has 0 aliphatic rings. The lowest BCUT2D eigenvalue weighted by Gasteiger charge is -2.43. The van der Waals surface area contributed by atoms with E-state index < -0.39 is 68.2 Å². The molecule has 0 bridgehead atoms. The molecule has 0 aromatic rings. The molecule has 0 aromatic heterocycles. The third-order valence-electron chi connectivity index (χ3n) is 3.51. The minimum absolute atomic E-state index is 1.71. The van der Waals surface area contributed by atoms with Crippen molar-refractivity contribution >= 4 is 68.2 Å². The fourth-order valence-electron chi connectivity index (χ4n) is 4.42. The van der Waals surface area contributed by atoms with Crippen LogP contribution in [0.15, 0.2) is 0 Å². The van der Waals surface area contributed by atoms with Crippen LogP contribution in [0.4, 0.5) is 0 Å². The Kier molecular flexibility index (Phi) is 11.5. The van der Waals surface area contributed by atoms with Gasteiger partial charge in [-0.25, -0.2) is 0 Å². The summed E-state index contributed by atoms with van der Waals surface area (Å²) >= 11 is 0. The van der Waals surface area contributed by atoms with E-state index in [-0.39, 0.29) is 0 Å². The van der Waals surface area contributed by atoms with Gasteiger partial charge in [0.25, 0.3) is 0 Å². The van der Waals surface area contributed by atoms with E-state index in [9.17, 15) is 4.80 Å². The Morgan fingerprint density at radius 3 is 0.667 bits per heavy atom. The van der Waals surface area contributed by atoms with Crippen molar-refractivity contribution in [1.29, 1.82) is 0 Å². The monoisotopic (exact) mass is 608 g/mol. The van der Waals surface area contributed by atoms with Crippen molar-refractivity contribution in [3.05, 3.63) is 0 Å². The molecule has 0 aliphatic carbocycles. The Morgan fingerprint density at radius 1 is 0.303 bits per heavy atom. The largest absolute Gasteiger partial charge is 0.437 e. The molecule has 0 unspecified atom stereocenters. The molecule has 0 saturated carbocycles. The Morgan fingerprint density at radius 2 is 0.485 bits per heavy atom. The first-order chi connectivity index (χ1) is 13.9. The molecule has 0 saturated heterocycles. The lowest BCUT2D eigenvalue weighted by Crippen LogP contribution is -2.61. The van der Waals surface area contributed by atoms with Gasteiger partial charge in [-0.05, 0) is 111 Å². The molecule has 0 spiro atoms. The van der Waals surface area contributed by atoms with Crippen LogP contribution < -0.4 is 0 Å². The molecule has 0 amide bonds. The van der Waals surface area contributed by atoms with Gasteiger partial charge in [-0.1, -0.05) is 0 Å². The predicted molar refractivity (Wildman–Crippen MR) is 156 cm³/mol. The van der Waals surface area contributed by atoms with Gasteiger partial charge in [0, 0.05) is 0 Å². The van der Waals surface area contributed by atoms with Crippen LogP contribution in [-0.4, -0.2) is 73.0 Å². The maximum absolute atomic E-state index is 10.2. The third kappa shape index (κ3) is 17.5. The molecule has 0 heterocycles. The minimum atomic E-state index is -2.69. The maximum atomic E-state index is 10.2. The molecule has 0 radical (unpaired) electrons. The Hall–Kier alpha value is 1.42. The molecule has 8 nitrogen and oxygen atoms in total. The summed E-state index contributed by atoms with van der Waals surface area (Å²) in [6, 6.07) is 0. The highest BCUT2D eigenvalue weighted by Crippen LogP contribution is 2.29. The first-order valence-electron chi connectivity index (χ1n) is 11.6. The van der Waals surface area contributed by atoms with E-state index in [0.717, 1.165) is 0 Å². The summed E-state index contributed by atoms with van der Waals surface area (Å²) in [6.07, 6.45) is 0. The van der Waals surface area contributed by atoms with Crippen molar-refractivity contribution in [2.45, 2.75) is 111 Å². The molecule has 33 heavy (non-hydrogen) atoms. The van der Waals surface area contributed by atoms with Crippen LogP contribution >= 0.6 is 0 Å². The van der Waals surface area contributed by atoms with E-state index in [0.29, 0.717) is 0 Å². The minimum Gasteiger partial charge on any atom is -0.437 e. The van der Waals surface area contributed by atoms with Gasteiger partial charge in [-0.15, -0.1) is 0 Å². The zero-order chi connectivity index (χ0) is 26.9. The topological polar surface area (TPSA) is 84.8 Å². The fourth-order valence-corrected chi connectivity index (χ4v) is 42.1. The molecule has 0 atom stereocenters. The van der Waals surface area contributed by atoms with E-state index >= 15 is 0 Å². The van der Waals surface area contributed by atoms with Gasteiger partial charge in [0.15, 0.2) is 8.32 Å². The first-order valence-corrected chi connectivity index (χ1v) is 34.7. The lowest BCUT2D eigenvalue weighted by atomic mass is 11.8. The molecule has 1 N–H and O–H groups in total. The van der Waals surface area contributed by atoms with E-state index in [2.05, 4.69) is 45.8 Å². The van der Waals surface area contributed by atoms with Gasteiger partial charge >= 0.3 is 59.9 Å².